The van der Waals surface area contributed by atoms with Gasteiger partial charge in [-0.25, -0.2) is 0 Å². The van der Waals surface area contributed by atoms with Gasteiger partial charge in [-0.15, -0.1) is 9.46 Å². The zero-order valence-corrected chi connectivity index (χ0v) is 9.53. The second-order valence-corrected chi connectivity index (χ2v) is 3.94. The zero-order valence-electron chi connectivity index (χ0n) is 8.02. The highest BCUT2D eigenvalue weighted by atomic mass is 35.5. The van der Waals surface area contributed by atoms with Gasteiger partial charge in [0.15, 0.2) is 11.6 Å². The standard InChI is InChI=1S/C9H3Cl2N3O3/c10-4-1-6-7(2-5(4)11)14(17)9(15)8(3-12)13(6)16/h1-2,17H. The van der Waals surface area contributed by atoms with Crippen molar-refractivity contribution >= 4 is 34.2 Å². The zero-order chi connectivity index (χ0) is 12.7. The van der Waals surface area contributed by atoms with E-state index in [1.54, 1.807) is 0 Å². The number of aromatic nitrogens is 2. The van der Waals surface area contributed by atoms with Gasteiger partial charge < -0.3 is 10.4 Å². The molecule has 1 heterocycles. The summed E-state index contributed by atoms with van der Waals surface area (Å²) in [7, 11) is 0. The summed E-state index contributed by atoms with van der Waals surface area (Å²) in [4.78, 5) is 11.4. The van der Waals surface area contributed by atoms with E-state index in [9.17, 15) is 15.2 Å². The molecular formula is C9H3Cl2N3O3. The summed E-state index contributed by atoms with van der Waals surface area (Å²) >= 11 is 11.4. The minimum atomic E-state index is -1.12. The van der Waals surface area contributed by atoms with Gasteiger partial charge in [0.1, 0.15) is 0 Å². The first-order chi connectivity index (χ1) is 7.97. The van der Waals surface area contributed by atoms with Crippen LogP contribution in [0.15, 0.2) is 16.9 Å². The Kier molecular flexibility index (Phi) is 2.58. The third-order valence-electron chi connectivity index (χ3n) is 2.17. The Balaban J connectivity index is 3.11. The van der Waals surface area contributed by atoms with Crippen molar-refractivity contribution in [3.05, 3.63) is 43.4 Å². The first kappa shape index (κ1) is 11.5. The van der Waals surface area contributed by atoms with E-state index in [-0.39, 0.29) is 30.5 Å². The number of nitriles is 1. The van der Waals surface area contributed by atoms with E-state index in [4.69, 9.17) is 28.5 Å². The molecule has 2 aromatic rings. The number of benzene rings is 1. The highest BCUT2D eigenvalue weighted by Gasteiger charge is 2.21. The molecule has 2 rings (SSSR count). The fourth-order valence-electron chi connectivity index (χ4n) is 1.37. The van der Waals surface area contributed by atoms with Crippen LogP contribution in [0, 0.1) is 16.5 Å². The van der Waals surface area contributed by atoms with Crippen molar-refractivity contribution in [1.29, 1.82) is 5.26 Å². The lowest BCUT2D eigenvalue weighted by Gasteiger charge is -2.06. The van der Waals surface area contributed by atoms with Crippen molar-refractivity contribution in [2.45, 2.75) is 0 Å². The number of rotatable bonds is 0. The maximum absolute atomic E-state index is 11.7. The third-order valence-corrected chi connectivity index (χ3v) is 2.89. The predicted octanol–water partition coefficient (Wildman–Crippen LogP) is 1.05. The molecule has 0 fully saturated rings. The molecule has 0 aliphatic carbocycles. The maximum Gasteiger partial charge on any atom is 0.368 e. The summed E-state index contributed by atoms with van der Waals surface area (Å²) in [6, 6.07) is 3.74. The molecule has 1 N–H and O–H groups in total. The molecule has 0 saturated heterocycles. The van der Waals surface area contributed by atoms with Gasteiger partial charge >= 0.3 is 11.3 Å². The van der Waals surface area contributed by atoms with Crippen LogP contribution in [0.25, 0.3) is 11.0 Å². The molecule has 0 unspecified atom stereocenters. The minimum Gasteiger partial charge on any atom is -0.617 e. The molecule has 1 aromatic heterocycles. The van der Waals surface area contributed by atoms with Gasteiger partial charge in [-0.1, -0.05) is 23.2 Å². The average Bonchev–Trinajstić information content (AvgIpc) is 2.30. The fourth-order valence-corrected chi connectivity index (χ4v) is 1.68. The van der Waals surface area contributed by atoms with Crippen LogP contribution in [0.5, 0.6) is 0 Å². The van der Waals surface area contributed by atoms with Crippen LogP contribution in [0.1, 0.15) is 5.69 Å². The molecule has 0 bridgehead atoms. The highest BCUT2D eigenvalue weighted by Crippen LogP contribution is 2.25. The van der Waals surface area contributed by atoms with Gasteiger partial charge in [-0.3, -0.25) is 4.79 Å². The lowest BCUT2D eigenvalue weighted by atomic mass is 10.3. The molecule has 86 valence electrons. The molecule has 0 aliphatic rings. The van der Waals surface area contributed by atoms with Gasteiger partial charge in [0.25, 0.3) is 0 Å². The second kappa shape index (κ2) is 3.80. The van der Waals surface area contributed by atoms with E-state index in [2.05, 4.69) is 0 Å². The van der Waals surface area contributed by atoms with Crippen LogP contribution >= 0.6 is 23.2 Å². The molecule has 17 heavy (non-hydrogen) atoms. The van der Waals surface area contributed by atoms with Crippen LogP contribution in [0.3, 0.4) is 0 Å². The van der Waals surface area contributed by atoms with E-state index >= 15 is 0 Å². The number of hydrogen-bond acceptors (Lipinski definition) is 4. The number of halogens is 2. The summed E-state index contributed by atoms with van der Waals surface area (Å²) < 4.78 is 0.289. The van der Waals surface area contributed by atoms with Crippen LogP contribution in [0.4, 0.5) is 0 Å². The summed E-state index contributed by atoms with van der Waals surface area (Å²) in [6.07, 6.45) is 0. The Hall–Kier alpha value is -1.97. The van der Waals surface area contributed by atoms with Crippen LogP contribution in [-0.4, -0.2) is 9.94 Å². The number of fused-ring (bicyclic) bond motifs is 1. The Morgan fingerprint density at radius 1 is 1.41 bits per heavy atom. The summed E-state index contributed by atoms with van der Waals surface area (Å²) in [5, 5.41) is 30.0. The fraction of sp³-hybridized carbons (Fsp3) is 0. The van der Waals surface area contributed by atoms with Crippen LogP contribution in [-0.2, 0) is 0 Å². The average molecular weight is 272 g/mol. The van der Waals surface area contributed by atoms with E-state index in [1.165, 1.54) is 12.1 Å². The van der Waals surface area contributed by atoms with Crippen molar-refractivity contribution in [3.63, 3.8) is 0 Å². The normalized spacial score (nSPS) is 10.4. The van der Waals surface area contributed by atoms with Gasteiger partial charge in [0, 0.05) is 6.07 Å². The molecule has 0 saturated carbocycles. The molecule has 0 amide bonds. The summed E-state index contributed by atoms with van der Waals surface area (Å²) in [5.74, 6) is 0. The molecule has 8 heteroatoms. The molecule has 1 aromatic carbocycles. The molecule has 0 aliphatic heterocycles. The lowest BCUT2D eigenvalue weighted by molar-refractivity contribution is -0.581. The van der Waals surface area contributed by atoms with E-state index in [0.717, 1.165) is 6.07 Å². The SMILES string of the molecule is N#Cc1c(=O)n(O)c2cc(Cl)c(Cl)cc2[n+]1[O-]. The van der Waals surface area contributed by atoms with Crippen molar-refractivity contribution in [2.75, 3.05) is 0 Å². The predicted molar refractivity (Wildman–Crippen MR) is 59.1 cm³/mol. The first-order valence-electron chi connectivity index (χ1n) is 4.24. The molecule has 0 spiro atoms. The Bertz CT molecular complexity index is 733. The molecule has 0 radical (unpaired) electrons. The first-order valence-corrected chi connectivity index (χ1v) is 4.99. The Morgan fingerprint density at radius 2 is 2.00 bits per heavy atom. The summed E-state index contributed by atoms with van der Waals surface area (Å²) in [6.45, 7) is 0. The number of nitrogens with zero attached hydrogens (tertiary/aromatic N) is 3. The Morgan fingerprint density at radius 3 is 2.59 bits per heavy atom. The summed E-state index contributed by atoms with van der Waals surface area (Å²) in [5.41, 5.74) is -2.12. The van der Waals surface area contributed by atoms with Gasteiger partial charge in [-0.2, -0.15) is 5.26 Å². The van der Waals surface area contributed by atoms with Gasteiger partial charge in [-0.05, 0) is 6.07 Å². The Labute approximate surface area is 104 Å². The minimum absolute atomic E-state index is 0.0751. The second-order valence-electron chi connectivity index (χ2n) is 3.13. The third kappa shape index (κ3) is 1.56. The molecular weight excluding hydrogens is 269 g/mol. The molecule has 0 atom stereocenters. The van der Waals surface area contributed by atoms with Crippen molar-refractivity contribution in [3.8, 4) is 6.07 Å². The monoisotopic (exact) mass is 271 g/mol. The number of hydrogen-bond donors (Lipinski definition) is 1. The highest BCUT2D eigenvalue weighted by molar-refractivity contribution is 6.42. The quantitative estimate of drug-likeness (QED) is 0.440. The maximum atomic E-state index is 11.7. The van der Waals surface area contributed by atoms with Crippen LogP contribution < -0.4 is 10.3 Å². The molecule has 6 nitrogen and oxygen atoms in total. The van der Waals surface area contributed by atoms with Crippen LogP contribution in [0.2, 0.25) is 10.0 Å². The van der Waals surface area contributed by atoms with Gasteiger partial charge in [0.05, 0.1) is 10.0 Å². The van der Waals surface area contributed by atoms with Crippen molar-refractivity contribution in [2.24, 2.45) is 0 Å². The van der Waals surface area contributed by atoms with E-state index in [1.807, 2.05) is 0 Å². The van der Waals surface area contributed by atoms with Crippen molar-refractivity contribution < 1.29 is 9.94 Å². The smallest absolute Gasteiger partial charge is 0.368 e. The van der Waals surface area contributed by atoms with Crippen molar-refractivity contribution in [1.82, 2.24) is 4.73 Å². The van der Waals surface area contributed by atoms with E-state index in [0.29, 0.717) is 0 Å². The lowest BCUT2D eigenvalue weighted by Crippen LogP contribution is -2.42. The largest absolute Gasteiger partial charge is 0.617 e. The van der Waals surface area contributed by atoms with E-state index < -0.39 is 11.3 Å². The topological polar surface area (TPSA) is 93.0 Å². The van der Waals surface area contributed by atoms with Gasteiger partial charge in [0.2, 0.25) is 5.52 Å².